The normalized spacial score (nSPS) is 21.5. The van der Waals surface area contributed by atoms with Crippen LogP contribution in [0.2, 0.25) is 0 Å². The predicted molar refractivity (Wildman–Crippen MR) is 98.6 cm³/mol. The van der Waals surface area contributed by atoms with Crippen molar-refractivity contribution in [2.45, 2.75) is 4.90 Å². The van der Waals surface area contributed by atoms with Crippen LogP contribution in [0, 0.1) is 0 Å². The van der Waals surface area contributed by atoms with Crippen molar-refractivity contribution in [1.29, 1.82) is 0 Å². The van der Waals surface area contributed by atoms with Crippen LogP contribution in [0.3, 0.4) is 0 Å². The number of nitrogens with zero attached hydrogens (tertiary/aromatic N) is 4. The summed E-state index contributed by atoms with van der Waals surface area (Å²) in [6.07, 6.45) is 1.99. The largest absolute Gasteiger partial charge is 0.478 e. The van der Waals surface area contributed by atoms with Crippen molar-refractivity contribution in [3.63, 3.8) is 0 Å². The van der Waals surface area contributed by atoms with Crippen molar-refractivity contribution in [2.75, 3.05) is 25.3 Å². The predicted octanol–water partition coefficient (Wildman–Crippen LogP) is 4.62. The molecule has 1 aliphatic heterocycles. The lowest BCUT2D eigenvalue weighted by molar-refractivity contribution is 0.0698. The van der Waals surface area contributed by atoms with Crippen molar-refractivity contribution in [3.05, 3.63) is 48.0 Å². The molecule has 0 aromatic heterocycles. The number of fused-ring (bicyclic) bond motifs is 1. The highest BCUT2D eigenvalue weighted by molar-refractivity contribution is 8.42. The molecule has 0 aliphatic carbocycles. The second-order valence-electron chi connectivity index (χ2n) is 5.72. The molecule has 1 N–H and O–H groups in total. The first kappa shape index (κ1) is 16.2. The Hall–Kier alpha value is -2.67. The molecular weight excluding hydrogens is 324 g/mol. The zero-order valence-corrected chi connectivity index (χ0v) is 14.5. The molecule has 3 rings (SSSR count). The Balaban J connectivity index is 1.98. The van der Waals surface area contributed by atoms with Gasteiger partial charge in [0, 0.05) is 24.7 Å². The van der Waals surface area contributed by atoms with Crippen LogP contribution < -0.4 is 4.90 Å². The molecule has 0 spiro atoms. The van der Waals surface area contributed by atoms with Gasteiger partial charge in [0.05, 0.1) is 16.8 Å². The van der Waals surface area contributed by atoms with E-state index in [9.17, 15) is 9.90 Å². The summed E-state index contributed by atoms with van der Waals surface area (Å²) in [7, 11) is 2.05. The summed E-state index contributed by atoms with van der Waals surface area (Å²) in [6, 6.07) is 12.9. The smallest absolute Gasteiger partial charge is 0.338 e. The third kappa shape index (κ3) is 2.90. The van der Waals surface area contributed by atoms with Crippen molar-refractivity contribution < 1.29 is 9.90 Å². The Bertz CT molecular complexity index is 863. The first-order valence-corrected chi connectivity index (χ1v) is 9.36. The maximum atomic E-state index is 11.5. The topological polar surface area (TPSA) is 77.6 Å². The third-order valence-electron chi connectivity index (χ3n) is 3.75. The van der Waals surface area contributed by atoms with Crippen LogP contribution in [0.25, 0.3) is 0 Å². The molecule has 0 saturated heterocycles. The first-order valence-electron chi connectivity index (χ1n) is 7.30. The Morgan fingerprint density at radius 1 is 1.21 bits per heavy atom. The van der Waals surface area contributed by atoms with E-state index in [1.54, 1.807) is 12.1 Å². The van der Waals surface area contributed by atoms with Gasteiger partial charge < -0.3 is 10.0 Å². The summed E-state index contributed by atoms with van der Waals surface area (Å²) in [4.78, 5) is 18.8. The molecule has 0 radical (unpaired) electrons. The molecule has 1 unspecified atom stereocenters. The summed E-state index contributed by atoms with van der Waals surface area (Å²) in [5.41, 5.74) is 4.00. The second-order valence-corrected chi connectivity index (χ2v) is 8.41. The number of anilines is 1. The van der Waals surface area contributed by atoms with Crippen molar-refractivity contribution >= 4 is 38.8 Å². The Morgan fingerprint density at radius 3 is 2.67 bits per heavy atom. The molecule has 0 bridgehead atoms. The number of hydrogen-bond acceptors (Lipinski definition) is 5. The molecule has 0 amide bonds. The number of para-hydroxylation sites is 1. The van der Waals surface area contributed by atoms with E-state index in [0.29, 0.717) is 5.69 Å². The number of benzene rings is 2. The van der Waals surface area contributed by atoms with Crippen molar-refractivity contribution in [1.82, 2.24) is 0 Å². The monoisotopic (exact) mass is 342 g/mol. The lowest BCUT2D eigenvalue weighted by Gasteiger charge is -2.21. The lowest BCUT2D eigenvalue weighted by atomic mass is 10.1. The van der Waals surface area contributed by atoms with Gasteiger partial charge in [-0.25, -0.2) is 9.79 Å². The molecule has 0 saturated carbocycles. The minimum atomic E-state index is -1.67. The summed E-state index contributed by atoms with van der Waals surface area (Å²) in [5.74, 6) is -1.02. The van der Waals surface area contributed by atoms with E-state index in [1.165, 1.54) is 0 Å². The molecule has 124 valence electrons. The highest BCUT2D eigenvalue weighted by Gasteiger charge is 2.26. The minimum absolute atomic E-state index is 0.135. The molecule has 1 aliphatic rings. The summed E-state index contributed by atoms with van der Waals surface area (Å²) in [5, 5.41) is 13.7. The van der Waals surface area contributed by atoms with E-state index in [0.717, 1.165) is 16.3 Å². The summed E-state index contributed by atoms with van der Waals surface area (Å²) >= 11 is 0. The van der Waals surface area contributed by atoms with Gasteiger partial charge in [-0.05, 0) is 36.6 Å². The number of aromatic carboxylic acids is 1. The van der Waals surface area contributed by atoms with E-state index in [1.807, 2.05) is 61.1 Å². The molecular formula is C17H18N4O2S. The zero-order valence-electron chi connectivity index (χ0n) is 13.7. The van der Waals surface area contributed by atoms with Crippen LogP contribution >= 0.6 is 10.2 Å². The maximum absolute atomic E-state index is 11.5. The quantitative estimate of drug-likeness (QED) is 0.824. The van der Waals surface area contributed by atoms with Gasteiger partial charge in [-0.3, -0.25) is 0 Å². The van der Waals surface area contributed by atoms with Crippen LogP contribution in [-0.2, 0) is 0 Å². The van der Waals surface area contributed by atoms with E-state index < -0.39 is 16.2 Å². The van der Waals surface area contributed by atoms with Gasteiger partial charge in [0.15, 0.2) is 0 Å². The number of carboxylic acid groups (broad SMARTS) is 1. The average Bonchev–Trinajstić information content (AvgIpc) is 2.91. The highest BCUT2D eigenvalue weighted by atomic mass is 32.3. The molecule has 1 atom stereocenters. The van der Waals surface area contributed by atoms with Crippen LogP contribution in [0.4, 0.5) is 17.1 Å². The molecule has 7 heteroatoms. The fraction of sp³-hybridized carbons (Fsp3) is 0.176. The van der Waals surface area contributed by atoms with Gasteiger partial charge in [0.1, 0.15) is 5.69 Å². The molecule has 24 heavy (non-hydrogen) atoms. The summed E-state index contributed by atoms with van der Waals surface area (Å²) < 4.78 is 4.47. The van der Waals surface area contributed by atoms with Gasteiger partial charge in [-0.1, -0.05) is 22.3 Å². The molecule has 0 fully saturated rings. The standard InChI is InChI=1S/C17H18N4O2S/c1-21(2)12-8-9-14(13(10-12)17(22)23)19-20-24(3)11-18-15-6-4-5-7-16(15)24/h4-11H,1-3H3,(H,22,23). The second kappa shape index (κ2) is 6.09. The van der Waals surface area contributed by atoms with Gasteiger partial charge >= 0.3 is 5.97 Å². The summed E-state index contributed by atoms with van der Waals surface area (Å²) in [6.45, 7) is 0. The van der Waals surface area contributed by atoms with E-state index in [4.69, 9.17) is 0 Å². The number of hydrogen-bond donors (Lipinski definition) is 1. The van der Waals surface area contributed by atoms with Crippen LogP contribution in [0.1, 0.15) is 10.4 Å². The van der Waals surface area contributed by atoms with Crippen molar-refractivity contribution in [2.24, 2.45) is 14.6 Å². The molecule has 2 aromatic carbocycles. The third-order valence-corrected chi connectivity index (χ3v) is 5.93. The number of carbonyl (C=O) groups is 1. The van der Waals surface area contributed by atoms with Crippen LogP contribution in [-0.4, -0.2) is 37.0 Å². The number of carboxylic acids is 1. The Labute approximate surface area is 142 Å². The van der Waals surface area contributed by atoms with E-state index >= 15 is 0 Å². The first-order chi connectivity index (χ1) is 11.4. The Morgan fingerprint density at radius 2 is 1.96 bits per heavy atom. The molecule has 6 nitrogen and oxygen atoms in total. The fourth-order valence-electron chi connectivity index (χ4n) is 2.38. The average molecular weight is 342 g/mol. The van der Waals surface area contributed by atoms with Gasteiger partial charge in [0.25, 0.3) is 0 Å². The van der Waals surface area contributed by atoms with Gasteiger partial charge in [-0.15, -0.1) is 9.63 Å². The lowest BCUT2D eigenvalue weighted by Crippen LogP contribution is -2.09. The maximum Gasteiger partial charge on any atom is 0.338 e. The van der Waals surface area contributed by atoms with E-state index in [2.05, 4.69) is 14.6 Å². The minimum Gasteiger partial charge on any atom is -0.478 e. The molecule has 1 heterocycles. The Kier molecular flexibility index (Phi) is 4.11. The highest BCUT2D eigenvalue weighted by Crippen LogP contribution is 2.60. The van der Waals surface area contributed by atoms with Crippen LogP contribution in [0.15, 0.2) is 62.0 Å². The van der Waals surface area contributed by atoms with Crippen LogP contribution in [0.5, 0.6) is 0 Å². The molecule has 2 aromatic rings. The zero-order chi connectivity index (χ0) is 17.3. The van der Waals surface area contributed by atoms with Gasteiger partial charge in [0.2, 0.25) is 0 Å². The number of aliphatic imine (C=N–C) groups is 1. The van der Waals surface area contributed by atoms with Gasteiger partial charge in [-0.2, -0.15) is 0 Å². The number of rotatable bonds is 4. The SMILES string of the molecule is CN(C)c1ccc(N=NS2(C)C=Nc3ccccc32)c(C(=O)O)c1. The van der Waals surface area contributed by atoms with E-state index in [-0.39, 0.29) is 5.56 Å². The van der Waals surface area contributed by atoms with Crippen molar-refractivity contribution in [3.8, 4) is 0 Å². The fourth-order valence-corrected chi connectivity index (χ4v) is 4.10.